The maximum atomic E-state index is 12.2. The highest BCUT2D eigenvalue weighted by Gasteiger charge is 2.31. The standard InChI is InChI=1S/C12H23BrO2S/c1-3-11(8-13)9-16(14,15)12-6-4-5-10(2)7-12/h10-12H,3-9H2,1-2H3. The van der Waals surface area contributed by atoms with Gasteiger partial charge in [0, 0.05) is 5.33 Å². The van der Waals surface area contributed by atoms with Crippen molar-refractivity contribution in [2.45, 2.75) is 51.2 Å². The third-order valence-corrected chi connectivity index (χ3v) is 6.96. The van der Waals surface area contributed by atoms with Crippen molar-refractivity contribution in [3.63, 3.8) is 0 Å². The average Bonchev–Trinajstić information content (AvgIpc) is 2.26. The molecule has 0 heterocycles. The van der Waals surface area contributed by atoms with Crippen LogP contribution in [-0.4, -0.2) is 24.8 Å². The SMILES string of the molecule is CCC(CBr)CS(=O)(=O)C1CCCC(C)C1. The molecule has 96 valence electrons. The summed E-state index contributed by atoms with van der Waals surface area (Å²) in [7, 11) is -2.87. The van der Waals surface area contributed by atoms with Gasteiger partial charge in [0.05, 0.1) is 11.0 Å². The van der Waals surface area contributed by atoms with E-state index in [1.165, 1.54) is 6.42 Å². The molecule has 0 aromatic rings. The van der Waals surface area contributed by atoms with E-state index in [0.29, 0.717) is 11.7 Å². The topological polar surface area (TPSA) is 34.1 Å². The van der Waals surface area contributed by atoms with Gasteiger partial charge in [0.2, 0.25) is 0 Å². The summed E-state index contributed by atoms with van der Waals surface area (Å²) >= 11 is 3.40. The Kier molecular flexibility index (Phi) is 5.78. The van der Waals surface area contributed by atoms with E-state index in [2.05, 4.69) is 29.8 Å². The summed E-state index contributed by atoms with van der Waals surface area (Å²) in [5.41, 5.74) is 0. The van der Waals surface area contributed by atoms with Gasteiger partial charge in [-0.2, -0.15) is 0 Å². The molecule has 1 fully saturated rings. The number of rotatable bonds is 5. The molecule has 0 amide bonds. The molecule has 1 rings (SSSR count). The molecular weight excluding hydrogens is 288 g/mol. The molecule has 3 atom stereocenters. The Balaban J connectivity index is 2.62. The second-order valence-electron chi connectivity index (χ2n) is 5.15. The van der Waals surface area contributed by atoms with Gasteiger partial charge in [-0.1, -0.05) is 49.0 Å². The van der Waals surface area contributed by atoms with Gasteiger partial charge in [0.15, 0.2) is 9.84 Å². The Morgan fingerprint density at radius 1 is 1.38 bits per heavy atom. The van der Waals surface area contributed by atoms with Gasteiger partial charge >= 0.3 is 0 Å². The zero-order chi connectivity index (χ0) is 12.2. The zero-order valence-corrected chi connectivity index (χ0v) is 12.7. The van der Waals surface area contributed by atoms with Crippen molar-refractivity contribution in [1.82, 2.24) is 0 Å². The Bertz CT molecular complexity index is 296. The third-order valence-electron chi connectivity index (χ3n) is 3.66. The smallest absolute Gasteiger partial charge is 0.153 e. The molecule has 16 heavy (non-hydrogen) atoms. The summed E-state index contributed by atoms with van der Waals surface area (Å²) in [6, 6.07) is 0. The van der Waals surface area contributed by atoms with Crippen LogP contribution < -0.4 is 0 Å². The van der Waals surface area contributed by atoms with Crippen LogP contribution in [-0.2, 0) is 9.84 Å². The minimum atomic E-state index is -2.87. The lowest BCUT2D eigenvalue weighted by atomic mass is 9.91. The van der Waals surface area contributed by atoms with Crippen LogP contribution in [0.15, 0.2) is 0 Å². The average molecular weight is 311 g/mol. The molecule has 0 aromatic heterocycles. The van der Waals surface area contributed by atoms with E-state index in [0.717, 1.165) is 31.0 Å². The van der Waals surface area contributed by atoms with E-state index < -0.39 is 9.84 Å². The zero-order valence-electron chi connectivity index (χ0n) is 10.3. The largest absolute Gasteiger partial charge is 0.229 e. The number of hydrogen-bond acceptors (Lipinski definition) is 2. The van der Waals surface area contributed by atoms with Crippen molar-refractivity contribution in [3.05, 3.63) is 0 Å². The van der Waals surface area contributed by atoms with E-state index in [-0.39, 0.29) is 11.2 Å². The monoisotopic (exact) mass is 310 g/mol. The van der Waals surface area contributed by atoms with E-state index in [9.17, 15) is 8.42 Å². The van der Waals surface area contributed by atoms with Gasteiger partial charge in [0.25, 0.3) is 0 Å². The summed E-state index contributed by atoms with van der Waals surface area (Å²) in [5.74, 6) is 1.23. The van der Waals surface area contributed by atoms with Crippen molar-refractivity contribution in [1.29, 1.82) is 0 Å². The minimum Gasteiger partial charge on any atom is -0.229 e. The molecule has 0 N–H and O–H groups in total. The predicted molar refractivity (Wildman–Crippen MR) is 72.8 cm³/mol. The normalized spacial score (nSPS) is 28.9. The highest BCUT2D eigenvalue weighted by molar-refractivity contribution is 9.09. The first-order valence-corrected chi connectivity index (χ1v) is 9.10. The van der Waals surface area contributed by atoms with Crippen LogP contribution in [0, 0.1) is 11.8 Å². The van der Waals surface area contributed by atoms with Gasteiger partial charge in [0.1, 0.15) is 0 Å². The lowest BCUT2D eigenvalue weighted by molar-refractivity contribution is 0.380. The predicted octanol–water partition coefficient (Wildman–Crippen LogP) is 3.40. The first-order chi connectivity index (χ1) is 7.49. The first kappa shape index (κ1) is 14.5. The molecule has 0 aromatic carbocycles. The lowest BCUT2D eigenvalue weighted by Crippen LogP contribution is -2.32. The number of halogens is 1. The van der Waals surface area contributed by atoms with Crippen molar-refractivity contribution in [3.8, 4) is 0 Å². The summed E-state index contributed by atoms with van der Waals surface area (Å²) < 4.78 is 24.5. The summed E-state index contributed by atoms with van der Waals surface area (Å²) in [5, 5.41) is 0.731. The van der Waals surface area contributed by atoms with Gasteiger partial charge in [-0.25, -0.2) is 8.42 Å². The highest BCUT2D eigenvalue weighted by Crippen LogP contribution is 2.29. The summed E-state index contributed by atoms with van der Waals surface area (Å²) in [6.07, 6.45) is 4.97. The van der Waals surface area contributed by atoms with Crippen molar-refractivity contribution >= 4 is 25.8 Å². The van der Waals surface area contributed by atoms with Crippen LogP contribution in [0.5, 0.6) is 0 Å². The van der Waals surface area contributed by atoms with E-state index >= 15 is 0 Å². The van der Waals surface area contributed by atoms with Crippen LogP contribution in [0.3, 0.4) is 0 Å². The molecule has 4 heteroatoms. The number of hydrogen-bond donors (Lipinski definition) is 0. The molecule has 0 bridgehead atoms. The molecule has 1 aliphatic carbocycles. The number of alkyl halides is 1. The molecule has 0 spiro atoms. The van der Waals surface area contributed by atoms with Crippen molar-refractivity contribution in [2.24, 2.45) is 11.8 Å². The van der Waals surface area contributed by atoms with Gasteiger partial charge < -0.3 is 0 Å². The molecule has 1 aliphatic rings. The molecule has 0 radical (unpaired) electrons. The maximum absolute atomic E-state index is 12.2. The van der Waals surface area contributed by atoms with E-state index in [1.807, 2.05) is 0 Å². The highest BCUT2D eigenvalue weighted by atomic mass is 79.9. The van der Waals surface area contributed by atoms with Crippen LogP contribution in [0.4, 0.5) is 0 Å². The van der Waals surface area contributed by atoms with Gasteiger partial charge in [-0.05, 0) is 24.7 Å². The summed E-state index contributed by atoms with van der Waals surface area (Å²) in [4.78, 5) is 0. The fourth-order valence-corrected chi connectivity index (χ4v) is 5.86. The third kappa shape index (κ3) is 4.02. The fourth-order valence-electron chi connectivity index (χ4n) is 2.44. The van der Waals surface area contributed by atoms with Crippen LogP contribution >= 0.6 is 15.9 Å². The molecule has 0 aliphatic heterocycles. The Morgan fingerprint density at radius 3 is 2.56 bits per heavy atom. The molecule has 3 unspecified atom stereocenters. The van der Waals surface area contributed by atoms with Crippen molar-refractivity contribution in [2.75, 3.05) is 11.1 Å². The molecular formula is C12H23BrO2S. The van der Waals surface area contributed by atoms with Crippen LogP contribution in [0.2, 0.25) is 0 Å². The first-order valence-electron chi connectivity index (χ1n) is 6.27. The van der Waals surface area contributed by atoms with Gasteiger partial charge in [-0.3, -0.25) is 0 Å². The van der Waals surface area contributed by atoms with Crippen LogP contribution in [0.25, 0.3) is 0 Å². The Labute approximate surface area is 108 Å². The number of sulfone groups is 1. The van der Waals surface area contributed by atoms with E-state index in [4.69, 9.17) is 0 Å². The maximum Gasteiger partial charge on any atom is 0.153 e. The second kappa shape index (κ2) is 6.39. The fraction of sp³-hybridized carbons (Fsp3) is 1.00. The van der Waals surface area contributed by atoms with Gasteiger partial charge in [-0.15, -0.1) is 0 Å². The van der Waals surface area contributed by atoms with Crippen molar-refractivity contribution < 1.29 is 8.42 Å². The van der Waals surface area contributed by atoms with E-state index in [1.54, 1.807) is 0 Å². The Morgan fingerprint density at radius 2 is 2.06 bits per heavy atom. The minimum absolute atomic E-state index is 0.0654. The quantitative estimate of drug-likeness (QED) is 0.729. The Hall–Kier alpha value is 0.430. The second-order valence-corrected chi connectivity index (χ2v) is 8.13. The lowest BCUT2D eigenvalue weighted by Gasteiger charge is -2.27. The molecule has 1 saturated carbocycles. The molecule has 0 saturated heterocycles. The molecule has 2 nitrogen and oxygen atoms in total. The summed E-state index contributed by atoms with van der Waals surface area (Å²) in [6.45, 7) is 4.23. The van der Waals surface area contributed by atoms with Crippen LogP contribution in [0.1, 0.15) is 46.0 Å².